The molecule has 0 radical (unpaired) electrons. The van der Waals surface area contributed by atoms with Crippen LogP contribution in [0, 0.1) is 5.82 Å². The molecule has 1 aromatic rings. The number of nitrogens with zero attached hydrogens (tertiary/aromatic N) is 1. The van der Waals surface area contributed by atoms with E-state index in [1.165, 1.54) is 12.3 Å². The molecule has 0 saturated carbocycles. The molecule has 1 atom stereocenters. The Morgan fingerprint density at radius 2 is 2.44 bits per heavy atom. The number of rotatable bonds is 3. The van der Waals surface area contributed by atoms with Crippen LogP contribution in [0.15, 0.2) is 18.5 Å². The summed E-state index contributed by atoms with van der Waals surface area (Å²) >= 11 is 0. The highest BCUT2D eigenvalue weighted by atomic mass is 19.1. The van der Waals surface area contributed by atoms with Crippen LogP contribution in [0.3, 0.4) is 0 Å². The second-order valence-electron chi connectivity index (χ2n) is 4.52. The molecule has 1 aliphatic rings. The molecule has 1 fully saturated rings. The molecule has 0 aliphatic carbocycles. The van der Waals surface area contributed by atoms with Gasteiger partial charge in [-0.1, -0.05) is 0 Å². The van der Waals surface area contributed by atoms with E-state index in [4.69, 9.17) is 9.47 Å². The summed E-state index contributed by atoms with van der Waals surface area (Å²) in [7, 11) is 0. The molecule has 1 N–H and O–H groups in total. The van der Waals surface area contributed by atoms with Crippen LogP contribution in [0.4, 0.5) is 4.39 Å². The third-order valence-corrected chi connectivity index (χ3v) is 2.57. The average Bonchev–Trinajstić information content (AvgIpc) is 2.66. The van der Waals surface area contributed by atoms with Crippen LogP contribution in [0.5, 0.6) is 0 Å². The van der Waals surface area contributed by atoms with Crippen molar-refractivity contribution in [3.05, 3.63) is 29.8 Å². The van der Waals surface area contributed by atoms with E-state index in [0.717, 1.165) is 6.20 Å². The molecule has 18 heavy (non-hydrogen) atoms. The van der Waals surface area contributed by atoms with Crippen molar-refractivity contribution in [1.29, 1.82) is 0 Å². The lowest BCUT2D eigenvalue weighted by atomic mass is 10.2. The topological polar surface area (TPSA) is 60.5 Å². The van der Waals surface area contributed by atoms with Crippen LogP contribution in [0.25, 0.3) is 0 Å². The molecule has 6 heteroatoms. The number of amides is 1. The van der Waals surface area contributed by atoms with E-state index in [1.54, 1.807) is 13.8 Å². The molecular formula is C12H15FN2O3. The molecule has 2 rings (SSSR count). The third kappa shape index (κ3) is 3.02. The van der Waals surface area contributed by atoms with Gasteiger partial charge in [0.05, 0.1) is 18.4 Å². The Morgan fingerprint density at radius 1 is 1.67 bits per heavy atom. The molecular weight excluding hydrogens is 239 g/mol. The molecule has 1 unspecified atom stereocenters. The van der Waals surface area contributed by atoms with Crippen LogP contribution < -0.4 is 5.32 Å². The first kappa shape index (κ1) is 12.9. The van der Waals surface area contributed by atoms with Gasteiger partial charge in [-0.25, -0.2) is 4.39 Å². The van der Waals surface area contributed by atoms with Gasteiger partial charge in [-0.2, -0.15) is 0 Å². The summed E-state index contributed by atoms with van der Waals surface area (Å²) in [4.78, 5) is 15.3. The number of pyridine rings is 1. The van der Waals surface area contributed by atoms with Crippen LogP contribution in [-0.2, 0) is 9.47 Å². The number of carbonyl (C=O) groups excluding carboxylic acids is 1. The SMILES string of the molecule is CC1(C)OCC(CNC(=O)c2ccncc2F)O1. The number of nitrogens with one attached hydrogen (secondary N) is 1. The fraction of sp³-hybridized carbons (Fsp3) is 0.500. The molecule has 98 valence electrons. The van der Waals surface area contributed by atoms with Gasteiger partial charge in [0.15, 0.2) is 11.6 Å². The lowest BCUT2D eigenvalue weighted by Gasteiger charge is -2.17. The van der Waals surface area contributed by atoms with E-state index in [-0.39, 0.29) is 18.2 Å². The maximum absolute atomic E-state index is 13.3. The maximum Gasteiger partial charge on any atom is 0.254 e. The summed E-state index contributed by atoms with van der Waals surface area (Å²) in [5.74, 6) is -1.75. The first-order valence-electron chi connectivity index (χ1n) is 5.67. The summed E-state index contributed by atoms with van der Waals surface area (Å²) in [5, 5.41) is 2.61. The largest absolute Gasteiger partial charge is 0.349 e. The van der Waals surface area contributed by atoms with Crippen molar-refractivity contribution in [2.24, 2.45) is 0 Å². The fourth-order valence-corrected chi connectivity index (χ4v) is 1.72. The zero-order valence-corrected chi connectivity index (χ0v) is 10.3. The van der Waals surface area contributed by atoms with E-state index in [9.17, 15) is 9.18 Å². The molecule has 1 aliphatic heterocycles. The number of aromatic nitrogens is 1. The zero-order chi connectivity index (χ0) is 13.2. The predicted octanol–water partition coefficient (Wildman–Crippen LogP) is 1.10. The molecule has 0 spiro atoms. The standard InChI is InChI=1S/C12H15FN2O3/c1-12(2)17-7-8(18-12)5-15-11(16)9-3-4-14-6-10(9)13/h3-4,6,8H,5,7H2,1-2H3,(H,15,16). The summed E-state index contributed by atoms with van der Waals surface area (Å²) in [6.45, 7) is 4.30. The zero-order valence-electron chi connectivity index (χ0n) is 10.3. The minimum atomic E-state index is -0.640. The van der Waals surface area contributed by atoms with Crippen LogP contribution >= 0.6 is 0 Å². The number of hydrogen-bond acceptors (Lipinski definition) is 4. The quantitative estimate of drug-likeness (QED) is 0.877. The summed E-state index contributed by atoms with van der Waals surface area (Å²) < 4.78 is 24.2. The van der Waals surface area contributed by atoms with Gasteiger partial charge in [0, 0.05) is 12.7 Å². The number of halogens is 1. The highest BCUT2D eigenvalue weighted by Crippen LogP contribution is 2.21. The second kappa shape index (κ2) is 4.99. The van der Waals surface area contributed by atoms with Crippen molar-refractivity contribution in [2.75, 3.05) is 13.2 Å². The van der Waals surface area contributed by atoms with Crippen molar-refractivity contribution in [2.45, 2.75) is 25.7 Å². The summed E-state index contributed by atoms with van der Waals surface area (Å²) in [6.07, 6.45) is 2.16. The van der Waals surface area contributed by atoms with Crippen molar-refractivity contribution in [3.8, 4) is 0 Å². The van der Waals surface area contributed by atoms with Gasteiger partial charge >= 0.3 is 0 Å². The number of carbonyl (C=O) groups is 1. The Kier molecular flexibility index (Phi) is 3.58. The molecule has 1 aromatic heterocycles. The number of hydrogen-bond donors (Lipinski definition) is 1. The monoisotopic (exact) mass is 254 g/mol. The highest BCUT2D eigenvalue weighted by Gasteiger charge is 2.32. The Bertz CT molecular complexity index is 451. The van der Waals surface area contributed by atoms with Gasteiger partial charge < -0.3 is 14.8 Å². The third-order valence-electron chi connectivity index (χ3n) is 2.57. The van der Waals surface area contributed by atoms with E-state index in [0.29, 0.717) is 6.61 Å². The van der Waals surface area contributed by atoms with Crippen LogP contribution in [0.1, 0.15) is 24.2 Å². The van der Waals surface area contributed by atoms with Gasteiger partial charge in [-0.3, -0.25) is 9.78 Å². The molecule has 0 aromatic carbocycles. The molecule has 5 nitrogen and oxygen atoms in total. The maximum atomic E-state index is 13.3. The number of ether oxygens (including phenoxy) is 2. The first-order valence-corrected chi connectivity index (χ1v) is 5.67. The Morgan fingerprint density at radius 3 is 3.06 bits per heavy atom. The van der Waals surface area contributed by atoms with E-state index in [2.05, 4.69) is 10.3 Å². The average molecular weight is 254 g/mol. The van der Waals surface area contributed by atoms with Crippen molar-refractivity contribution >= 4 is 5.91 Å². The van der Waals surface area contributed by atoms with Gasteiger partial charge in [-0.15, -0.1) is 0 Å². The lowest BCUT2D eigenvalue weighted by molar-refractivity contribution is -0.137. The Balaban J connectivity index is 1.88. The second-order valence-corrected chi connectivity index (χ2v) is 4.52. The van der Waals surface area contributed by atoms with Gasteiger partial charge in [0.25, 0.3) is 5.91 Å². The van der Waals surface area contributed by atoms with E-state index < -0.39 is 17.5 Å². The minimum Gasteiger partial charge on any atom is -0.349 e. The van der Waals surface area contributed by atoms with Crippen molar-refractivity contribution in [3.63, 3.8) is 0 Å². The van der Waals surface area contributed by atoms with Gasteiger partial charge in [0.1, 0.15) is 6.10 Å². The van der Waals surface area contributed by atoms with E-state index >= 15 is 0 Å². The lowest BCUT2D eigenvalue weighted by Crippen LogP contribution is -2.34. The minimum absolute atomic E-state index is 0.0248. The summed E-state index contributed by atoms with van der Waals surface area (Å²) in [6, 6.07) is 1.33. The van der Waals surface area contributed by atoms with E-state index in [1.807, 2.05) is 0 Å². The molecule has 1 saturated heterocycles. The highest BCUT2D eigenvalue weighted by molar-refractivity contribution is 5.94. The van der Waals surface area contributed by atoms with Crippen molar-refractivity contribution in [1.82, 2.24) is 10.3 Å². The van der Waals surface area contributed by atoms with Gasteiger partial charge in [-0.05, 0) is 19.9 Å². The molecule has 2 heterocycles. The Labute approximate surface area is 104 Å². The van der Waals surface area contributed by atoms with Gasteiger partial charge in [0.2, 0.25) is 0 Å². The van der Waals surface area contributed by atoms with Crippen LogP contribution in [0.2, 0.25) is 0 Å². The Hall–Kier alpha value is -1.53. The molecule has 0 bridgehead atoms. The smallest absolute Gasteiger partial charge is 0.254 e. The predicted molar refractivity (Wildman–Crippen MR) is 61.4 cm³/mol. The van der Waals surface area contributed by atoms with Crippen LogP contribution in [-0.4, -0.2) is 35.9 Å². The van der Waals surface area contributed by atoms with Crippen molar-refractivity contribution < 1.29 is 18.7 Å². The summed E-state index contributed by atoms with van der Waals surface area (Å²) in [5.41, 5.74) is -0.0248. The first-order chi connectivity index (χ1) is 8.48. The molecule has 1 amide bonds. The normalized spacial score (nSPS) is 21.8. The fourth-order valence-electron chi connectivity index (χ4n) is 1.72.